The summed E-state index contributed by atoms with van der Waals surface area (Å²) in [4.78, 5) is 0. The number of rotatable bonds is 1. The van der Waals surface area contributed by atoms with Crippen molar-refractivity contribution in [2.75, 3.05) is 0 Å². The molecule has 75 valence electrons. The van der Waals surface area contributed by atoms with Crippen molar-refractivity contribution in [2.45, 2.75) is 0 Å². The van der Waals surface area contributed by atoms with Crippen LogP contribution in [0.1, 0.15) is 0 Å². The van der Waals surface area contributed by atoms with Crippen LogP contribution in [0, 0.1) is 0 Å². The van der Waals surface area contributed by atoms with Crippen LogP contribution in [0.5, 0.6) is 0 Å². The first-order chi connectivity index (χ1) is 6.38. The zero-order valence-electron chi connectivity index (χ0n) is 7.72. The molecule has 0 bridgehead atoms. The van der Waals surface area contributed by atoms with E-state index in [0.29, 0.717) is 0 Å². The van der Waals surface area contributed by atoms with E-state index < -0.39 is 0 Å². The van der Waals surface area contributed by atoms with E-state index in [0.717, 1.165) is 0 Å². The van der Waals surface area contributed by atoms with E-state index in [1.54, 1.807) is 0 Å². The molecule has 0 radical (unpaired) electrons. The summed E-state index contributed by atoms with van der Waals surface area (Å²) in [5.74, 6) is 0. The van der Waals surface area contributed by atoms with Crippen LogP contribution in [0.15, 0.2) is 54.6 Å². The summed E-state index contributed by atoms with van der Waals surface area (Å²) < 4.78 is 1.18. The van der Waals surface area contributed by atoms with Crippen molar-refractivity contribution in [3.63, 3.8) is 0 Å². The molecule has 2 heteroatoms. The van der Waals surface area contributed by atoms with Gasteiger partial charge in [-0.2, -0.15) is 9.90 Å². The van der Waals surface area contributed by atoms with Crippen molar-refractivity contribution in [3.05, 3.63) is 54.6 Å². The molecular formula is C12H12PPd. The van der Waals surface area contributed by atoms with Gasteiger partial charge in [0.2, 0.25) is 0 Å². The van der Waals surface area contributed by atoms with Crippen molar-refractivity contribution < 1.29 is 19.2 Å². The topological polar surface area (TPSA) is 0 Å². The zero-order chi connectivity index (χ0) is 9.10. The molecule has 1 unspecified atom stereocenters. The fourth-order valence-electron chi connectivity index (χ4n) is 1.29. The average Bonchev–Trinajstić information content (AvgIpc) is 2.20. The minimum absolute atomic E-state index is 0. The van der Waals surface area contributed by atoms with Gasteiger partial charge in [0.15, 0.2) is 0 Å². The predicted octanol–water partition coefficient (Wildman–Crippen LogP) is 2.58. The standard InChI is InChI=1S/C12H9.H3P.Pd/c1-3-7-11(8-4-1)12-9-5-2-6-10-12;;/h1-9H;1H3;. The summed E-state index contributed by atoms with van der Waals surface area (Å²) in [7, 11) is 0. The fourth-order valence-corrected chi connectivity index (χ4v) is 1.80. The van der Waals surface area contributed by atoms with E-state index in [1.807, 2.05) is 12.1 Å². The molecule has 2 aromatic carbocycles. The number of hydrogen-bond donors (Lipinski definition) is 0. The first kappa shape index (κ1) is 11.6. The van der Waals surface area contributed by atoms with E-state index in [2.05, 4.69) is 61.7 Å². The summed E-state index contributed by atoms with van der Waals surface area (Å²) in [6.45, 7) is 0. The molecule has 0 heterocycles. The van der Waals surface area contributed by atoms with Crippen LogP contribution in [-0.2, 0) is 19.2 Å². The van der Waals surface area contributed by atoms with Crippen LogP contribution in [0.25, 0.3) is 11.1 Å². The van der Waals surface area contributed by atoms with Crippen LogP contribution in [-0.4, -0.2) is 0 Å². The van der Waals surface area contributed by atoms with Gasteiger partial charge in [0.05, 0.1) is 0 Å². The minimum atomic E-state index is 0. The Hall–Kier alpha value is -0.468. The van der Waals surface area contributed by atoms with Crippen molar-refractivity contribution in [2.24, 2.45) is 0 Å². The maximum absolute atomic E-state index is 3.25. The Balaban J connectivity index is 0.000000980. The monoisotopic (exact) mass is 293 g/mol. The second kappa shape index (κ2) is 5.42. The van der Waals surface area contributed by atoms with E-state index in [4.69, 9.17) is 0 Å². The third-order valence-corrected chi connectivity index (χ3v) is 2.61. The molecule has 0 nitrogen and oxygen atoms in total. The van der Waals surface area contributed by atoms with Crippen molar-refractivity contribution in [1.82, 2.24) is 0 Å². The van der Waals surface area contributed by atoms with Gasteiger partial charge in [-0.05, 0) is 0 Å². The molecule has 0 amide bonds. The summed E-state index contributed by atoms with van der Waals surface area (Å²) in [5.41, 5.74) is 2.51. The summed E-state index contributed by atoms with van der Waals surface area (Å²) in [6, 6.07) is 18.7. The van der Waals surface area contributed by atoms with E-state index >= 15 is 0 Å². The first-order valence-electron chi connectivity index (χ1n) is 4.15. The molecule has 0 saturated heterocycles. The molecule has 2 rings (SSSR count). The van der Waals surface area contributed by atoms with Crippen LogP contribution in [0.2, 0.25) is 0 Å². The maximum atomic E-state index is 3.25. The van der Waals surface area contributed by atoms with Gasteiger partial charge in [-0.15, -0.1) is 0 Å². The molecule has 0 spiro atoms. The van der Waals surface area contributed by atoms with Gasteiger partial charge in [-0.1, -0.05) is 0 Å². The van der Waals surface area contributed by atoms with Gasteiger partial charge in [0, 0.05) is 0 Å². The molecule has 0 N–H and O–H groups in total. The summed E-state index contributed by atoms with van der Waals surface area (Å²) in [6.07, 6.45) is 0. The van der Waals surface area contributed by atoms with Gasteiger partial charge in [0.25, 0.3) is 0 Å². The molecule has 0 fully saturated rings. The third kappa shape index (κ3) is 2.52. The van der Waals surface area contributed by atoms with E-state index in [-0.39, 0.29) is 9.90 Å². The molecule has 1 atom stereocenters. The van der Waals surface area contributed by atoms with Gasteiger partial charge in [0.1, 0.15) is 0 Å². The van der Waals surface area contributed by atoms with Gasteiger partial charge in [-0.3, -0.25) is 0 Å². The van der Waals surface area contributed by atoms with Gasteiger partial charge in [-0.25, -0.2) is 0 Å². The summed E-state index contributed by atoms with van der Waals surface area (Å²) in [5, 5.41) is 0. The zero-order valence-corrected chi connectivity index (χ0v) is 10.7. The van der Waals surface area contributed by atoms with Crippen LogP contribution >= 0.6 is 9.90 Å². The molecule has 14 heavy (non-hydrogen) atoms. The Labute approximate surface area is 98.8 Å². The van der Waals surface area contributed by atoms with Crippen LogP contribution in [0.4, 0.5) is 0 Å². The Morgan fingerprint density at radius 2 is 1.29 bits per heavy atom. The Bertz CT molecular complexity index is 398. The normalized spacial score (nSPS) is 9.29. The molecular weight excluding hydrogens is 282 g/mol. The first-order valence-corrected chi connectivity index (χ1v) is 4.92. The Morgan fingerprint density at radius 3 is 1.93 bits per heavy atom. The molecule has 0 aliphatic carbocycles. The predicted molar refractivity (Wildman–Crippen MR) is 62.6 cm³/mol. The van der Waals surface area contributed by atoms with E-state index in [9.17, 15) is 0 Å². The third-order valence-electron chi connectivity index (χ3n) is 1.93. The van der Waals surface area contributed by atoms with Crippen molar-refractivity contribution in [3.8, 4) is 11.1 Å². The molecule has 2 aromatic rings. The van der Waals surface area contributed by atoms with Crippen LogP contribution < -0.4 is 4.04 Å². The number of benzene rings is 2. The Morgan fingerprint density at radius 1 is 0.714 bits per heavy atom. The van der Waals surface area contributed by atoms with Gasteiger partial charge < -0.3 is 0 Å². The fraction of sp³-hybridized carbons (Fsp3) is 0. The molecule has 0 aliphatic rings. The van der Waals surface area contributed by atoms with Gasteiger partial charge >= 0.3 is 89.0 Å². The second-order valence-electron chi connectivity index (χ2n) is 2.81. The number of hydrogen-bond acceptors (Lipinski definition) is 0. The molecule has 0 aromatic heterocycles. The SMILES string of the molecule is P.[Pd][c]1ccccc1-c1ccccc1. The molecule has 0 saturated carbocycles. The average molecular weight is 294 g/mol. The van der Waals surface area contributed by atoms with E-state index in [1.165, 1.54) is 15.2 Å². The molecule has 0 aliphatic heterocycles. The van der Waals surface area contributed by atoms with Crippen molar-refractivity contribution >= 4 is 13.9 Å². The van der Waals surface area contributed by atoms with Crippen LogP contribution in [0.3, 0.4) is 0 Å². The second-order valence-corrected chi connectivity index (χ2v) is 3.65. The Kier molecular flexibility index (Phi) is 4.50. The quantitative estimate of drug-likeness (QED) is 0.560. The van der Waals surface area contributed by atoms with Crippen molar-refractivity contribution in [1.29, 1.82) is 0 Å². The summed E-state index contributed by atoms with van der Waals surface area (Å²) >= 11 is 3.25.